The molecule has 0 atom stereocenters. The molecule has 0 fully saturated rings. The third-order valence-corrected chi connectivity index (χ3v) is 3.63. The smallest absolute Gasteiger partial charge is 0.131 e. The zero-order valence-electron chi connectivity index (χ0n) is 11.7. The van der Waals surface area contributed by atoms with Crippen LogP contribution in [0.4, 0.5) is 0 Å². The Balaban J connectivity index is 2.46. The normalized spacial score (nSPS) is 11.4. The lowest BCUT2D eigenvalue weighted by Gasteiger charge is -2.07. The molecular formula is C15H20N2OS. The van der Waals surface area contributed by atoms with E-state index < -0.39 is 0 Å². The molecule has 4 heteroatoms. The number of hydrogen-bond acceptors (Lipinski definition) is 3. The minimum absolute atomic E-state index is 0.200. The van der Waals surface area contributed by atoms with Crippen molar-refractivity contribution in [3.63, 3.8) is 0 Å². The maximum Gasteiger partial charge on any atom is 0.131 e. The van der Waals surface area contributed by atoms with Crippen LogP contribution in [0, 0.1) is 0 Å². The van der Waals surface area contributed by atoms with E-state index in [1.807, 2.05) is 0 Å². The number of aromatic nitrogens is 2. The number of benzene rings is 1. The number of imidazole rings is 1. The molecule has 2 rings (SSSR count). The van der Waals surface area contributed by atoms with Crippen molar-refractivity contribution in [2.45, 2.75) is 45.4 Å². The molecule has 102 valence electrons. The van der Waals surface area contributed by atoms with Crippen LogP contribution in [0.15, 0.2) is 18.2 Å². The number of aryl methyl sites for hydroxylation is 1. The summed E-state index contributed by atoms with van der Waals surface area (Å²) in [6.07, 6.45) is 0.540. The second-order valence-electron chi connectivity index (χ2n) is 5.19. The fourth-order valence-electron chi connectivity index (χ4n) is 2.20. The highest BCUT2D eigenvalue weighted by molar-refractivity contribution is 7.79. The van der Waals surface area contributed by atoms with Gasteiger partial charge in [-0.25, -0.2) is 4.98 Å². The molecule has 1 aromatic carbocycles. The number of ketones is 1. The highest BCUT2D eigenvalue weighted by atomic mass is 32.1. The molecule has 0 spiro atoms. The first-order chi connectivity index (χ1) is 9.02. The van der Waals surface area contributed by atoms with Gasteiger partial charge >= 0.3 is 0 Å². The number of fused-ring (bicyclic) bond motifs is 1. The Kier molecular flexibility index (Phi) is 4.30. The summed E-state index contributed by atoms with van der Waals surface area (Å²) in [6, 6.07) is 6.38. The maximum absolute atomic E-state index is 11.2. The monoisotopic (exact) mass is 276 g/mol. The molecule has 0 bridgehead atoms. The molecule has 19 heavy (non-hydrogen) atoms. The lowest BCUT2D eigenvalue weighted by molar-refractivity contribution is -0.117. The average Bonchev–Trinajstić information content (AvgIpc) is 2.72. The molecule has 0 aliphatic rings. The minimum atomic E-state index is 0.200. The maximum atomic E-state index is 11.2. The Morgan fingerprint density at radius 2 is 2.16 bits per heavy atom. The van der Waals surface area contributed by atoms with Crippen LogP contribution in [0.3, 0.4) is 0 Å². The van der Waals surface area contributed by atoms with Gasteiger partial charge in [-0.2, -0.15) is 12.6 Å². The van der Waals surface area contributed by atoms with Crippen LogP contribution in [-0.4, -0.2) is 15.3 Å². The minimum Gasteiger partial charge on any atom is -0.327 e. The number of thiol groups is 1. The molecule has 0 amide bonds. The number of hydrogen-bond donors (Lipinski definition) is 1. The van der Waals surface area contributed by atoms with Gasteiger partial charge in [0.05, 0.1) is 11.0 Å². The Morgan fingerprint density at radius 1 is 1.42 bits per heavy atom. The summed E-state index contributed by atoms with van der Waals surface area (Å²) in [7, 11) is 0. The van der Waals surface area contributed by atoms with Crippen molar-refractivity contribution in [1.82, 2.24) is 9.55 Å². The van der Waals surface area contributed by atoms with E-state index in [2.05, 4.69) is 54.2 Å². The van der Waals surface area contributed by atoms with Crippen LogP contribution >= 0.6 is 12.6 Å². The van der Waals surface area contributed by atoms with Gasteiger partial charge in [-0.15, -0.1) is 0 Å². The van der Waals surface area contributed by atoms with Crippen LogP contribution in [0.25, 0.3) is 11.0 Å². The number of carbonyl (C=O) groups is 1. The third kappa shape index (κ3) is 3.00. The average molecular weight is 276 g/mol. The first kappa shape index (κ1) is 14.1. The fraction of sp³-hybridized carbons (Fsp3) is 0.467. The zero-order valence-corrected chi connectivity index (χ0v) is 12.6. The second kappa shape index (κ2) is 5.78. The molecule has 0 radical (unpaired) electrons. The Morgan fingerprint density at radius 3 is 2.74 bits per heavy atom. The van der Waals surface area contributed by atoms with Crippen molar-refractivity contribution in [3.05, 3.63) is 29.6 Å². The summed E-state index contributed by atoms with van der Waals surface area (Å²) in [5.74, 6) is 2.21. The Labute approximate surface area is 119 Å². The van der Waals surface area contributed by atoms with Crippen LogP contribution < -0.4 is 0 Å². The van der Waals surface area contributed by atoms with Crippen molar-refractivity contribution in [2.24, 2.45) is 0 Å². The molecule has 0 aliphatic carbocycles. The SMILES string of the molecule is CC(=O)CCn1c(CS)nc2cc(C(C)C)ccc21. The van der Waals surface area contributed by atoms with Crippen LogP contribution in [0.5, 0.6) is 0 Å². The van der Waals surface area contributed by atoms with Gasteiger partial charge in [-0.05, 0) is 30.5 Å². The summed E-state index contributed by atoms with van der Waals surface area (Å²) in [4.78, 5) is 15.8. The van der Waals surface area contributed by atoms with Gasteiger partial charge in [0.25, 0.3) is 0 Å². The highest BCUT2D eigenvalue weighted by Gasteiger charge is 2.11. The third-order valence-electron chi connectivity index (χ3n) is 3.35. The van der Waals surface area contributed by atoms with Crippen molar-refractivity contribution in [2.75, 3.05) is 0 Å². The quantitative estimate of drug-likeness (QED) is 0.847. The van der Waals surface area contributed by atoms with Gasteiger partial charge in [0.2, 0.25) is 0 Å². The number of carbonyl (C=O) groups excluding carboxylic acids is 1. The Bertz CT molecular complexity index is 601. The summed E-state index contributed by atoms with van der Waals surface area (Å²) in [5.41, 5.74) is 3.38. The second-order valence-corrected chi connectivity index (χ2v) is 5.51. The number of nitrogens with zero attached hydrogens (tertiary/aromatic N) is 2. The van der Waals surface area contributed by atoms with E-state index in [9.17, 15) is 4.79 Å². The van der Waals surface area contributed by atoms with E-state index in [1.165, 1.54) is 5.56 Å². The molecule has 0 saturated heterocycles. The van der Waals surface area contributed by atoms with Gasteiger partial charge in [0.1, 0.15) is 11.6 Å². The van der Waals surface area contributed by atoms with E-state index in [0.29, 0.717) is 24.6 Å². The lowest BCUT2D eigenvalue weighted by atomic mass is 10.0. The van der Waals surface area contributed by atoms with Gasteiger partial charge in [-0.3, -0.25) is 4.79 Å². The highest BCUT2D eigenvalue weighted by Crippen LogP contribution is 2.23. The zero-order chi connectivity index (χ0) is 14.0. The van der Waals surface area contributed by atoms with E-state index in [1.54, 1.807) is 6.92 Å². The number of rotatable bonds is 5. The molecule has 3 nitrogen and oxygen atoms in total. The largest absolute Gasteiger partial charge is 0.327 e. The first-order valence-corrected chi connectivity index (χ1v) is 7.25. The molecule has 2 aromatic rings. The number of Topliss-reactive ketones (excluding diaryl/α,β-unsaturated/α-hetero) is 1. The molecule has 0 N–H and O–H groups in total. The van der Waals surface area contributed by atoms with E-state index in [-0.39, 0.29) is 5.78 Å². The topological polar surface area (TPSA) is 34.9 Å². The molecular weight excluding hydrogens is 256 g/mol. The van der Waals surface area contributed by atoms with Crippen molar-refractivity contribution < 1.29 is 4.79 Å². The summed E-state index contributed by atoms with van der Waals surface area (Å²) in [6.45, 7) is 6.65. The lowest BCUT2D eigenvalue weighted by Crippen LogP contribution is -2.05. The van der Waals surface area contributed by atoms with Crippen molar-refractivity contribution >= 4 is 29.4 Å². The van der Waals surface area contributed by atoms with E-state index >= 15 is 0 Å². The van der Waals surface area contributed by atoms with Gasteiger partial charge in [0, 0.05) is 18.7 Å². The van der Waals surface area contributed by atoms with Gasteiger partial charge in [0.15, 0.2) is 0 Å². The molecule has 0 saturated carbocycles. The van der Waals surface area contributed by atoms with Gasteiger partial charge < -0.3 is 4.57 Å². The fourth-order valence-corrected chi connectivity index (χ4v) is 2.44. The van der Waals surface area contributed by atoms with Gasteiger partial charge in [-0.1, -0.05) is 19.9 Å². The predicted octanol–water partition coefficient (Wildman–Crippen LogP) is 3.57. The molecule has 1 heterocycles. The van der Waals surface area contributed by atoms with E-state index in [4.69, 9.17) is 0 Å². The summed E-state index contributed by atoms with van der Waals surface area (Å²) >= 11 is 4.33. The van der Waals surface area contributed by atoms with Crippen molar-refractivity contribution in [1.29, 1.82) is 0 Å². The molecule has 0 unspecified atom stereocenters. The van der Waals surface area contributed by atoms with E-state index in [0.717, 1.165) is 16.9 Å². The Hall–Kier alpha value is -1.29. The first-order valence-electron chi connectivity index (χ1n) is 6.62. The van der Waals surface area contributed by atoms with Crippen LogP contribution in [-0.2, 0) is 17.1 Å². The molecule has 1 aromatic heterocycles. The molecule has 0 aliphatic heterocycles. The predicted molar refractivity (Wildman–Crippen MR) is 81.8 cm³/mol. The van der Waals surface area contributed by atoms with Crippen molar-refractivity contribution in [3.8, 4) is 0 Å². The summed E-state index contributed by atoms with van der Waals surface area (Å²) < 4.78 is 2.10. The van der Waals surface area contributed by atoms with Crippen LogP contribution in [0.1, 0.15) is 44.5 Å². The van der Waals surface area contributed by atoms with Crippen LogP contribution in [0.2, 0.25) is 0 Å². The summed E-state index contributed by atoms with van der Waals surface area (Å²) in [5, 5.41) is 0. The standard InChI is InChI=1S/C15H20N2OS/c1-10(2)12-4-5-14-13(8-12)16-15(9-19)17(14)7-6-11(3)18/h4-5,8,10,19H,6-7,9H2,1-3H3.